The van der Waals surface area contributed by atoms with E-state index in [1.54, 1.807) is 7.11 Å². The number of para-hydroxylation sites is 2. The van der Waals surface area contributed by atoms with Crippen LogP contribution in [-0.2, 0) is 0 Å². The molecular weight excluding hydrogens is 178 g/mol. The van der Waals surface area contributed by atoms with E-state index in [1.807, 2.05) is 31.2 Å². The molecule has 0 heterocycles. The van der Waals surface area contributed by atoms with Crippen molar-refractivity contribution in [2.75, 3.05) is 19.0 Å². The molecule has 0 aliphatic heterocycles. The Hall–Kier alpha value is -1.22. The lowest BCUT2D eigenvalue weighted by Crippen LogP contribution is -2.22. The summed E-state index contributed by atoms with van der Waals surface area (Å²) in [4.78, 5) is 0. The lowest BCUT2D eigenvalue weighted by molar-refractivity contribution is 0.271. The van der Waals surface area contributed by atoms with E-state index < -0.39 is 0 Å². The van der Waals surface area contributed by atoms with E-state index >= 15 is 0 Å². The molecule has 0 fully saturated rings. The minimum absolute atomic E-state index is 0.0892. The average molecular weight is 195 g/mol. The van der Waals surface area contributed by atoms with Crippen LogP contribution in [0.3, 0.4) is 0 Å². The molecule has 0 spiro atoms. The lowest BCUT2D eigenvalue weighted by Gasteiger charge is -2.17. The second-order valence-corrected chi connectivity index (χ2v) is 3.13. The number of ether oxygens (including phenoxy) is 1. The Kier molecular flexibility index (Phi) is 4.26. The number of hydrogen-bond acceptors (Lipinski definition) is 3. The summed E-state index contributed by atoms with van der Waals surface area (Å²) in [5.41, 5.74) is 0.927. The van der Waals surface area contributed by atoms with Crippen LogP contribution in [0, 0.1) is 0 Å². The van der Waals surface area contributed by atoms with Gasteiger partial charge in [0.1, 0.15) is 5.75 Å². The van der Waals surface area contributed by atoms with Gasteiger partial charge in [0.25, 0.3) is 0 Å². The first kappa shape index (κ1) is 10.9. The van der Waals surface area contributed by atoms with Gasteiger partial charge in [-0.05, 0) is 18.6 Å². The number of methoxy groups -OCH3 is 1. The third-order valence-electron chi connectivity index (χ3n) is 2.18. The smallest absolute Gasteiger partial charge is 0.141 e. The molecule has 1 rings (SSSR count). The van der Waals surface area contributed by atoms with E-state index in [9.17, 15) is 0 Å². The van der Waals surface area contributed by atoms with Crippen LogP contribution in [0.15, 0.2) is 24.3 Å². The molecule has 0 saturated heterocycles. The molecule has 14 heavy (non-hydrogen) atoms. The standard InChI is InChI=1S/C11H17NO2/c1-3-9(8-13)12-10-6-4-5-7-11(10)14-2/h4-7,9,12-13H,3,8H2,1-2H3. The summed E-state index contributed by atoms with van der Waals surface area (Å²) >= 11 is 0. The minimum Gasteiger partial charge on any atom is -0.495 e. The highest BCUT2D eigenvalue weighted by Gasteiger charge is 2.07. The summed E-state index contributed by atoms with van der Waals surface area (Å²) < 4.78 is 5.19. The van der Waals surface area contributed by atoms with Crippen LogP contribution >= 0.6 is 0 Å². The molecule has 0 aliphatic carbocycles. The molecule has 3 nitrogen and oxygen atoms in total. The van der Waals surface area contributed by atoms with Crippen molar-refractivity contribution in [1.82, 2.24) is 0 Å². The Morgan fingerprint density at radius 1 is 1.43 bits per heavy atom. The molecule has 2 N–H and O–H groups in total. The number of hydrogen-bond donors (Lipinski definition) is 2. The van der Waals surface area contributed by atoms with Crippen molar-refractivity contribution in [2.24, 2.45) is 0 Å². The van der Waals surface area contributed by atoms with Crippen molar-refractivity contribution in [3.8, 4) is 5.75 Å². The van der Waals surface area contributed by atoms with Gasteiger partial charge in [0.2, 0.25) is 0 Å². The number of aliphatic hydroxyl groups excluding tert-OH is 1. The Bertz CT molecular complexity index is 272. The van der Waals surface area contributed by atoms with Crippen LogP contribution in [-0.4, -0.2) is 24.9 Å². The predicted octanol–water partition coefficient (Wildman–Crippen LogP) is 1.88. The molecule has 1 aromatic rings. The van der Waals surface area contributed by atoms with E-state index in [4.69, 9.17) is 9.84 Å². The van der Waals surface area contributed by atoms with Crippen LogP contribution in [0.5, 0.6) is 5.75 Å². The molecule has 1 aromatic carbocycles. The van der Waals surface area contributed by atoms with Gasteiger partial charge in [0.05, 0.1) is 19.4 Å². The van der Waals surface area contributed by atoms with E-state index in [0.29, 0.717) is 0 Å². The van der Waals surface area contributed by atoms with Gasteiger partial charge < -0.3 is 15.2 Å². The highest BCUT2D eigenvalue weighted by molar-refractivity contribution is 5.56. The van der Waals surface area contributed by atoms with Gasteiger partial charge in [0.15, 0.2) is 0 Å². The molecule has 0 aliphatic rings. The summed E-state index contributed by atoms with van der Waals surface area (Å²) in [6.07, 6.45) is 0.883. The van der Waals surface area contributed by atoms with Crippen molar-refractivity contribution >= 4 is 5.69 Å². The number of nitrogens with one attached hydrogen (secondary N) is 1. The van der Waals surface area contributed by atoms with Gasteiger partial charge in [-0.25, -0.2) is 0 Å². The first-order valence-corrected chi connectivity index (χ1v) is 4.82. The Labute approximate surface area is 84.7 Å². The van der Waals surface area contributed by atoms with E-state index in [0.717, 1.165) is 17.9 Å². The maximum Gasteiger partial charge on any atom is 0.141 e. The van der Waals surface area contributed by atoms with Crippen molar-refractivity contribution in [1.29, 1.82) is 0 Å². The first-order valence-electron chi connectivity index (χ1n) is 4.82. The normalized spacial score (nSPS) is 12.2. The predicted molar refractivity (Wildman–Crippen MR) is 57.8 cm³/mol. The Balaban J connectivity index is 2.74. The van der Waals surface area contributed by atoms with Gasteiger partial charge in [-0.2, -0.15) is 0 Å². The molecule has 3 heteroatoms. The topological polar surface area (TPSA) is 41.5 Å². The van der Waals surface area contributed by atoms with Crippen LogP contribution in [0.1, 0.15) is 13.3 Å². The minimum atomic E-state index is 0.0892. The van der Waals surface area contributed by atoms with Gasteiger partial charge in [-0.3, -0.25) is 0 Å². The molecule has 1 atom stereocenters. The summed E-state index contributed by atoms with van der Waals surface area (Å²) in [6.45, 7) is 2.16. The van der Waals surface area contributed by atoms with Crippen molar-refractivity contribution < 1.29 is 9.84 Å². The molecule has 0 amide bonds. The molecule has 0 radical (unpaired) electrons. The zero-order valence-corrected chi connectivity index (χ0v) is 8.66. The summed E-state index contributed by atoms with van der Waals surface area (Å²) in [7, 11) is 1.64. The van der Waals surface area contributed by atoms with Crippen LogP contribution in [0.2, 0.25) is 0 Å². The quantitative estimate of drug-likeness (QED) is 0.753. The molecule has 0 bridgehead atoms. The lowest BCUT2D eigenvalue weighted by atomic mass is 10.2. The van der Waals surface area contributed by atoms with E-state index in [1.165, 1.54) is 0 Å². The summed E-state index contributed by atoms with van der Waals surface area (Å²) in [5, 5.41) is 12.3. The second kappa shape index (κ2) is 5.50. The largest absolute Gasteiger partial charge is 0.495 e. The maximum absolute atomic E-state index is 9.05. The van der Waals surface area contributed by atoms with E-state index in [-0.39, 0.29) is 12.6 Å². The zero-order valence-electron chi connectivity index (χ0n) is 8.66. The highest BCUT2D eigenvalue weighted by Crippen LogP contribution is 2.23. The first-order chi connectivity index (χ1) is 6.81. The van der Waals surface area contributed by atoms with Gasteiger partial charge in [-0.15, -0.1) is 0 Å². The third kappa shape index (κ3) is 2.64. The molecular formula is C11H17NO2. The van der Waals surface area contributed by atoms with E-state index in [2.05, 4.69) is 5.32 Å². The fraction of sp³-hybridized carbons (Fsp3) is 0.455. The summed E-state index contributed by atoms with van der Waals surface area (Å²) in [5.74, 6) is 0.805. The third-order valence-corrected chi connectivity index (χ3v) is 2.18. The van der Waals surface area contributed by atoms with Crippen molar-refractivity contribution in [3.63, 3.8) is 0 Å². The highest BCUT2D eigenvalue weighted by atomic mass is 16.5. The number of rotatable bonds is 5. The number of benzene rings is 1. The van der Waals surface area contributed by atoms with Crippen LogP contribution in [0.25, 0.3) is 0 Å². The van der Waals surface area contributed by atoms with Crippen LogP contribution < -0.4 is 10.1 Å². The molecule has 1 unspecified atom stereocenters. The van der Waals surface area contributed by atoms with Gasteiger partial charge >= 0.3 is 0 Å². The second-order valence-electron chi connectivity index (χ2n) is 3.13. The number of anilines is 1. The van der Waals surface area contributed by atoms with Crippen molar-refractivity contribution in [3.05, 3.63) is 24.3 Å². The maximum atomic E-state index is 9.05. The molecule has 0 saturated carbocycles. The fourth-order valence-electron chi connectivity index (χ4n) is 1.26. The monoisotopic (exact) mass is 195 g/mol. The molecule has 78 valence electrons. The summed E-state index contributed by atoms with van der Waals surface area (Å²) in [6, 6.07) is 7.79. The van der Waals surface area contributed by atoms with Gasteiger partial charge in [-0.1, -0.05) is 19.1 Å². The Morgan fingerprint density at radius 2 is 2.14 bits per heavy atom. The fourth-order valence-corrected chi connectivity index (χ4v) is 1.26. The zero-order chi connectivity index (χ0) is 10.4. The van der Waals surface area contributed by atoms with Gasteiger partial charge in [0, 0.05) is 6.04 Å². The average Bonchev–Trinajstić information content (AvgIpc) is 2.26. The van der Waals surface area contributed by atoms with Crippen LogP contribution in [0.4, 0.5) is 5.69 Å². The molecule has 0 aromatic heterocycles. The number of aliphatic hydroxyl groups is 1. The SMILES string of the molecule is CCC(CO)Nc1ccccc1OC. The Morgan fingerprint density at radius 3 is 2.71 bits per heavy atom. The van der Waals surface area contributed by atoms with Crippen molar-refractivity contribution in [2.45, 2.75) is 19.4 Å².